The molecule has 0 spiro atoms. The normalized spacial score (nSPS) is 16.5. The Labute approximate surface area is 686 Å². The molecule has 5 aromatic rings. The molecule has 4 fully saturated rings. The highest BCUT2D eigenvalue weighted by molar-refractivity contribution is 7.88. The lowest BCUT2D eigenvalue weighted by atomic mass is 10.1. The number of halogens is 6. The zero-order valence-corrected chi connectivity index (χ0v) is 69.1. The van der Waals surface area contributed by atoms with Crippen LogP contribution >= 0.6 is 11.6 Å². The number of aliphatic carboxylic acids is 2. The molecule has 0 aromatic heterocycles. The third-order valence-corrected chi connectivity index (χ3v) is 22.4. The number of hydrogen-bond acceptors (Lipinski definition) is 23. The van der Waals surface area contributed by atoms with Gasteiger partial charge in [-0.15, -0.1) is 0 Å². The topological polar surface area (TPSA) is 452 Å². The minimum Gasteiger partial charge on any atom is -0.480 e. The van der Waals surface area contributed by atoms with Gasteiger partial charge in [0.15, 0.2) is 0 Å². The minimum atomic E-state index is -3.34. The number of methoxy groups -OCH3 is 3. The molecule has 9 rings (SSSR count). The molecule has 42 heteroatoms. The van der Waals surface area contributed by atoms with Gasteiger partial charge in [0.25, 0.3) is 23.0 Å². The molecule has 1 aliphatic carbocycles. The van der Waals surface area contributed by atoms with Gasteiger partial charge in [-0.25, -0.2) is 52.0 Å². The van der Waals surface area contributed by atoms with Crippen molar-refractivity contribution in [3.05, 3.63) is 178 Å². The van der Waals surface area contributed by atoms with Crippen molar-refractivity contribution in [1.82, 2.24) is 48.9 Å². The number of nitrogens with one attached hydrogen (secondary N) is 4. The van der Waals surface area contributed by atoms with Gasteiger partial charge in [-0.1, -0.05) is 12.1 Å². The summed E-state index contributed by atoms with van der Waals surface area (Å²) < 4.78 is 151. The molecular weight excluding hydrogens is 1650 g/mol. The molecular formula is C76H99ClF5N11O22S3. The number of piperazine rings is 3. The molecule has 3 aliphatic heterocycles. The van der Waals surface area contributed by atoms with Crippen LogP contribution in [0.1, 0.15) is 111 Å². The summed E-state index contributed by atoms with van der Waals surface area (Å²) in [5.41, 5.74) is 7.10. The average Bonchev–Trinajstić information content (AvgIpc) is 1.60. The van der Waals surface area contributed by atoms with Gasteiger partial charge in [-0.2, -0.15) is 12.9 Å². The van der Waals surface area contributed by atoms with Gasteiger partial charge < -0.3 is 66.1 Å². The van der Waals surface area contributed by atoms with Gasteiger partial charge >= 0.3 is 29.8 Å². The number of ether oxygens (including phenoxy) is 3. The molecule has 8 N–H and O–H groups in total. The van der Waals surface area contributed by atoms with Gasteiger partial charge in [0.1, 0.15) is 53.3 Å². The van der Waals surface area contributed by atoms with Crippen molar-refractivity contribution >= 4 is 106 Å². The largest absolute Gasteiger partial charge is 0.480 e. The van der Waals surface area contributed by atoms with Crippen LogP contribution in [0.2, 0.25) is 0 Å². The van der Waals surface area contributed by atoms with Crippen molar-refractivity contribution in [2.45, 2.75) is 93.9 Å². The zero-order chi connectivity index (χ0) is 88.2. The maximum absolute atomic E-state index is 13.5. The van der Waals surface area contributed by atoms with Gasteiger partial charge in [0.2, 0.25) is 41.9 Å². The van der Waals surface area contributed by atoms with Crippen molar-refractivity contribution in [2.24, 2.45) is 5.73 Å². The first-order valence-corrected chi connectivity index (χ1v) is 42.6. The van der Waals surface area contributed by atoms with Gasteiger partial charge in [-0.05, 0) is 171 Å². The first kappa shape index (κ1) is 100. The second-order valence-corrected chi connectivity index (χ2v) is 33.2. The highest BCUT2D eigenvalue weighted by Gasteiger charge is 2.39. The van der Waals surface area contributed by atoms with Crippen LogP contribution in [0, 0.1) is 29.1 Å². The standard InChI is InChI=1S/C27H34F2N4O4S.C18H24FN3O6S.C13H14FNO5.C7H4ClFO.C6H11NO4.C5H12N2O2S/c1-31(26(34)20-7-11-22(29)12-8-20)25(27(35)32-14-16-33(17-15-32)38(2,36)37)4-3-13-30-24-18-23(24)19-5-9-21(28)10-6-19;1-28-16(23)8-7-15(20-17(24)13-3-5-14(19)6-4-13)18(25)21-9-11-22(12-10-21)29(2,26)27;1-20-11(16)7-6-10(13(18)19)15-12(17)8-2-4-9(14)5-3-8;8-7(10)5-1-3-6(9)4-2-5;1-11-5(8)3-2-4(7)6(9)10;1-10(8,9)7-4-2-6-3-5-7/h5-12,23-25,30H,3-4,13-18H2,1-2H3;3-6,15H,7-12H2,1-2H3,(H,20,24);2-5,10H,6-7H2,1H3,(H,15,17)(H,18,19);1-4H;4H,2-3,7H2,1H3,(H,9,10);6H,2-5H2,1H3/t23-,24?,25-;15-;10-;;4-;/m000.0./s1. The van der Waals surface area contributed by atoms with E-state index in [2.05, 4.69) is 35.5 Å². The third kappa shape index (κ3) is 36.1. The van der Waals surface area contributed by atoms with E-state index in [1.165, 1.54) is 135 Å². The van der Waals surface area contributed by atoms with Crippen LogP contribution in [0.4, 0.5) is 22.0 Å². The second-order valence-electron chi connectivity index (χ2n) is 26.9. The van der Waals surface area contributed by atoms with Crippen molar-refractivity contribution < 1.29 is 124 Å². The molecule has 1 saturated carbocycles. The monoisotopic (exact) mass is 1740 g/mol. The van der Waals surface area contributed by atoms with Crippen LogP contribution in [0.25, 0.3) is 0 Å². The molecule has 3 saturated heterocycles. The lowest BCUT2D eigenvalue weighted by molar-refractivity contribution is -0.143. The van der Waals surface area contributed by atoms with Crippen LogP contribution < -0.4 is 27.0 Å². The quantitative estimate of drug-likeness (QED) is 0.0118. The van der Waals surface area contributed by atoms with Gasteiger partial charge in [0, 0.05) is 139 Å². The summed E-state index contributed by atoms with van der Waals surface area (Å²) in [4.78, 5) is 133. The Balaban J connectivity index is 0.000000322. The first-order chi connectivity index (χ1) is 55.5. The van der Waals surface area contributed by atoms with Crippen LogP contribution in [-0.4, -0.2) is 290 Å². The van der Waals surface area contributed by atoms with Crippen molar-refractivity contribution in [1.29, 1.82) is 0 Å². The number of likely N-dealkylation sites (N-methyl/N-ethyl adjacent to an activating group) is 1. The molecule has 3 heterocycles. The first-order valence-electron chi connectivity index (χ1n) is 36.6. The number of carboxylic acids is 2. The summed E-state index contributed by atoms with van der Waals surface area (Å²) in [5.74, 6) is -7.90. The fourth-order valence-corrected chi connectivity index (χ4v) is 14.0. The maximum Gasteiger partial charge on any atom is 0.326 e. The molecule has 4 aliphatic rings. The average molecular weight is 1750 g/mol. The number of benzene rings is 5. The summed E-state index contributed by atoms with van der Waals surface area (Å²) >= 11 is 5.09. The summed E-state index contributed by atoms with van der Waals surface area (Å²) in [7, 11) is -4.39. The van der Waals surface area contributed by atoms with Crippen molar-refractivity contribution in [2.75, 3.05) is 132 Å². The molecule has 33 nitrogen and oxygen atoms in total. The van der Waals surface area contributed by atoms with E-state index < -0.39 is 124 Å². The van der Waals surface area contributed by atoms with Crippen LogP contribution in [-0.2, 0) is 77.8 Å². The zero-order valence-electron chi connectivity index (χ0n) is 65.9. The highest BCUT2D eigenvalue weighted by atomic mass is 35.5. The number of nitrogens with zero attached hydrogens (tertiary/aromatic N) is 6. The summed E-state index contributed by atoms with van der Waals surface area (Å²) in [6, 6.07) is 22.6. The molecule has 1 unspecified atom stereocenters. The number of rotatable bonds is 29. The summed E-state index contributed by atoms with van der Waals surface area (Å²) in [6.07, 6.45) is 5.38. The van der Waals surface area contributed by atoms with E-state index in [0.717, 1.165) is 61.9 Å². The summed E-state index contributed by atoms with van der Waals surface area (Å²) in [6.45, 7) is 4.98. The Bertz CT molecular complexity index is 4520. The number of nitrogens with two attached hydrogens (primary N) is 1. The molecule has 0 radical (unpaired) electrons. The number of amides is 5. The van der Waals surface area contributed by atoms with E-state index in [0.29, 0.717) is 44.0 Å². The van der Waals surface area contributed by atoms with Gasteiger partial charge in [-0.3, -0.25) is 47.9 Å². The van der Waals surface area contributed by atoms with Crippen molar-refractivity contribution in [3.63, 3.8) is 0 Å². The molecule has 0 bridgehead atoms. The lowest BCUT2D eigenvalue weighted by Gasteiger charge is -2.37. The Morgan fingerprint density at radius 3 is 1.20 bits per heavy atom. The second kappa shape index (κ2) is 49.4. The van der Waals surface area contributed by atoms with Crippen LogP contribution in [0.15, 0.2) is 121 Å². The predicted molar refractivity (Wildman–Crippen MR) is 421 cm³/mol. The van der Waals surface area contributed by atoms with E-state index in [4.69, 9.17) is 27.5 Å². The molecule has 650 valence electrons. The van der Waals surface area contributed by atoms with Crippen molar-refractivity contribution in [3.8, 4) is 0 Å². The number of carbonyl (C=O) groups excluding carboxylic acids is 9. The Hall–Kier alpha value is -9.98. The number of sulfonamides is 3. The van der Waals surface area contributed by atoms with E-state index in [-0.39, 0.29) is 137 Å². The Morgan fingerprint density at radius 2 is 0.839 bits per heavy atom. The Morgan fingerprint density at radius 1 is 0.492 bits per heavy atom. The molecule has 5 amide bonds. The predicted octanol–water partition coefficient (Wildman–Crippen LogP) is 3.79. The maximum atomic E-state index is 13.5. The molecule has 118 heavy (non-hydrogen) atoms. The highest BCUT2D eigenvalue weighted by Crippen LogP contribution is 2.40. The Kier molecular flexibility index (Phi) is 42.0. The van der Waals surface area contributed by atoms with E-state index >= 15 is 0 Å². The van der Waals surface area contributed by atoms with Crippen LogP contribution in [0.3, 0.4) is 0 Å². The number of hydrogen-bond donors (Lipinski definition) is 7. The van der Waals surface area contributed by atoms with E-state index in [1.807, 2.05) is 0 Å². The fraction of sp³-hybridized carbons (Fsp3) is 0.461. The van der Waals surface area contributed by atoms with E-state index in [9.17, 15) is 99.9 Å². The van der Waals surface area contributed by atoms with Gasteiger partial charge in [0.05, 0.1) is 40.1 Å². The third-order valence-electron chi connectivity index (χ3n) is 18.3. The molecule has 5 aromatic carbocycles. The fourth-order valence-electron chi connectivity index (χ4n) is 11.4. The summed E-state index contributed by atoms with van der Waals surface area (Å²) in [5, 5.41) is 28.1. The van der Waals surface area contributed by atoms with E-state index in [1.54, 1.807) is 24.1 Å². The lowest BCUT2D eigenvalue weighted by Crippen LogP contribution is -2.56. The number of esters is 3. The molecule has 6 atom stereocenters. The number of carboxylic acid groups (broad SMARTS) is 2. The SMILES string of the molecule is CN(C(=O)c1ccc(F)cc1)[C@@H](CCCNC1C[C@H]1c1ccc(F)cc1)C(=O)N1CCN(S(C)(=O)=O)CC1.COC(=O)CC[C@H](N)C(=O)O.COC(=O)CC[C@H](NC(=O)c1ccc(F)cc1)C(=O)N1CCN(S(C)(=O)=O)CC1.COC(=O)CC[C@H](NC(=O)c1ccc(F)cc1)C(=O)O.CS(=O)(=O)N1CCNCC1.O=C(Cl)c1ccc(F)cc1. The minimum absolute atomic E-state index is 0.0186. The number of carbonyl (C=O) groups is 11. The smallest absolute Gasteiger partial charge is 0.326 e. The van der Waals surface area contributed by atoms with Crippen LogP contribution in [0.5, 0.6) is 0 Å².